The van der Waals surface area contributed by atoms with E-state index < -0.39 is 0 Å². The van der Waals surface area contributed by atoms with Gasteiger partial charge in [-0.05, 0) is 51.9 Å². The molecule has 1 saturated heterocycles. The second-order valence-corrected chi connectivity index (χ2v) is 5.80. The number of nitrogens with zero attached hydrogens (tertiary/aromatic N) is 2. The first-order valence-electron chi connectivity index (χ1n) is 8.81. The Labute approximate surface area is 143 Å². The minimum Gasteiger partial charge on any atom is -0.468 e. The van der Waals surface area contributed by atoms with Crippen molar-refractivity contribution in [3.8, 4) is 0 Å². The molecule has 1 fully saturated rings. The molecule has 1 aromatic heterocycles. The van der Waals surface area contributed by atoms with Gasteiger partial charge in [-0.15, -0.1) is 0 Å². The predicted molar refractivity (Wildman–Crippen MR) is 94.9 cm³/mol. The van der Waals surface area contributed by atoms with Crippen LogP contribution in [0.15, 0.2) is 27.8 Å². The Hall–Kier alpha value is -2.02. The summed E-state index contributed by atoms with van der Waals surface area (Å²) in [4.78, 5) is 18.4. The van der Waals surface area contributed by atoms with E-state index in [4.69, 9.17) is 4.42 Å². The normalized spacial score (nSPS) is 16.8. The van der Waals surface area contributed by atoms with E-state index in [9.17, 15) is 4.79 Å². The number of hydrogen-bond acceptors (Lipinski definition) is 4. The third-order valence-electron chi connectivity index (χ3n) is 4.01. The number of amides is 1. The summed E-state index contributed by atoms with van der Waals surface area (Å²) in [5, 5.41) is 9.27. The lowest BCUT2D eigenvalue weighted by Gasteiger charge is -2.26. The average Bonchev–Trinajstić information content (AvgIpc) is 3.27. The van der Waals surface area contributed by atoms with Crippen molar-refractivity contribution in [2.75, 3.05) is 39.3 Å². The maximum Gasteiger partial charge on any atom is 0.241 e. The third kappa shape index (κ3) is 5.56. The number of hydrogen-bond donors (Lipinski definition) is 3. The number of rotatable bonds is 8. The molecule has 24 heavy (non-hydrogen) atoms. The van der Waals surface area contributed by atoms with Crippen LogP contribution in [0.25, 0.3) is 0 Å². The number of likely N-dealkylation sites (N-methyl/N-ethyl adjacent to an activating group) is 1. The van der Waals surface area contributed by atoms with Gasteiger partial charge in [0, 0.05) is 19.6 Å². The van der Waals surface area contributed by atoms with E-state index in [1.165, 1.54) is 12.8 Å². The smallest absolute Gasteiger partial charge is 0.241 e. The molecule has 1 atom stereocenters. The number of carbonyl (C=O) groups is 1. The summed E-state index contributed by atoms with van der Waals surface area (Å²) in [5.41, 5.74) is 0. The third-order valence-corrected chi connectivity index (χ3v) is 4.01. The van der Waals surface area contributed by atoms with Gasteiger partial charge in [-0.1, -0.05) is 0 Å². The van der Waals surface area contributed by atoms with Gasteiger partial charge >= 0.3 is 0 Å². The zero-order chi connectivity index (χ0) is 17.2. The summed E-state index contributed by atoms with van der Waals surface area (Å²) in [6.45, 7) is 8.25. The van der Waals surface area contributed by atoms with Crippen LogP contribution in [0.3, 0.4) is 0 Å². The van der Waals surface area contributed by atoms with Crippen molar-refractivity contribution >= 4 is 11.9 Å². The summed E-state index contributed by atoms with van der Waals surface area (Å²) >= 11 is 0. The maximum atomic E-state index is 11.6. The van der Waals surface area contributed by atoms with Gasteiger partial charge in [-0.2, -0.15) is 0 Å². The number of nitrogens with one attached hydrogen (secondary N) is 3. The fourth-order valence-corrected chi connectivity index (χ4v) is 2.88. The molecule has 3 N–H and O–H groups in total. The van der Waals surface area contributed by atoms with Gasteiger partial charge in [0.25, 0.3) is 0 Å². The number of guanidine groups is 1. The zero-order valence-corrected chi connectivity index (χ0v) is 14.7. The quantitative estimate of drug-likeness (QED) is 0.490. The van der Waals surface area contributed by atoms with Crippen LogP contribution in [0, 0.1) is 0 Å². The second kappa shape index (κ2) is 9.97. The molecule has 2 rings (SSSR count). The summed E-state index contributed by atoms with van der Waals surface area (Å²) < 4.78 is 5.62. The molecule has 0 saturated carbocycles. The first kappa shape index (κ1) is 18.3. The summed E-state index contributed by atoms with van der Waals surface area (Å²) in [5.74, 6) is 1.54. The second-order valence-electron chi connectivity index (χ2n) is 5.80. The Balaban J connectivity index is 1.96. The lowest BCUT2D eigenvalue weighted by atomic mass is 10.2. The van der Waals surface area contributed by atoms with E-state index in [-0.39, 0.29) is 18.5 Å². The van der Waals surface area contributed by atoms with E-state index in [0.29, 0.717) is 19.0 Å². The van der Waals surface area contributed by atoms with Crippen molar-refractivity contribution in [3.05, 3.63) is 24.2 Å². The molecule has 0 radical (unpaired) electrons. The van der Waals surface area contributed by atoms with Crippen LogP contribution in [0.1, 0.15) is 38.5 Å². The summed E-state index contributed by atoms with van der Waals surface area (Å²) in [7, 11) is 0. The van der Waals surface area contributed by atoms with Gasteiger partial charge in [0.2, 0.25) is 5.91 Å². The molecular weight excluding hydrogens is 306 g/mol. The molecule has 1 amide bonds. The summed E-state index contributed by atoms with van der Waals surface area (Å²) in [6, 6.07) is 4.12. The highest BCUT2D eigenvalue weighted by Crippen LogP contribution is 2.24. The molecule has 0 spiro atoms. The van der Waals surface area contributed by atoms with Gasteiger partial charge < -0.3 is 20.4 Å². The number of furan rings is 1. The molecule has 1 aliphatic rings. The van der Waals surface area contributed by atoms with Gasteiger partial charge in [-0.3, -0.25) is 9.69 Å². The lowest BCUT2D eigenvalue weighted by Crippen LogP contribution is -2.43. The van der Waals surface area contributed by atoms with Crippen molar-refractivity contribution in [2.24, 2.45) is 4.99 Å². The molecule has 0 bridgehead atoms. The Morgan fingerprint density at radius 1 is 1.25 bits per heavy atom. The predicted octanol–water partition coefficient (Wildman–Crippen LogP) is 1.11. The fourth-order valence-electron chi connectivity index (χ4n) is 2.88. The van der Waals surface area contributed by atoms with Gasteiger partial charge in [0.05, 0.1) is 12.3 Å². The van der Waals surface area contributed by atoms with Crippen molar-refractivity contribution in [1.82, 2.24) is 20.9 Å². The lowest BCUT2D eigenvalue weighted by molar-refractivity contribution is -0.119. The van der Waals surface area contributed by atoms with Crippen LogP contribution in [0.2, 0.25) is 0 Å². The maximum absolute atomic E-state index is 11.6. The molecule has 7 heteroatoms. The summed E-state index contributed by atoms with van der Waals surface area (Å²) in [6.07, 6.45) is 4.16. The van der Waals surface area contributed by atoms with Crippen LogP contribution in [-0.4, -0.2) is 56.0 Å². The van der Waals surface area contributed by atoms with Crippen LogP contribution in [0.4, 0.5) is 0 Å². The van der Waals surface area contributed by atoms with Crippen molar-refractivity contribution in [1.29, 1.82) is 0 Å². The van der Waals surface area contributed by atoms with Crippen molar-refractivity contribution in [3.63, 3.8) is 0 Å². The minimum atomic E-state index is -0.0724. The van der Waals surface area contributed by atoms with Crippen LogP contribution in [0.5, 0.6) is 0 Å². The standard InChI is InChI=1S/C17H29N5O2/c1-3-18-16(23)13-21-17(19-4-2)20-12-14(15-8-7-11-24-15)22-9-5-6-10-22/h7-8,11,14H,3-6,9-10,12-13H2,1-2H3,(H,18,23)(H2,19,20,21). The van der Waals surface area contributed by atoms with Gasteiger partial charge in [0.15, 0.2) is 5.96 Å². The monoisotopic (exact) mass is 335 g/mol. The Kier molecular flexibility index (Phi) is 7.61. The molecule has 1 aromatic rings. The van der Waals surface area contributed by atoms with E-state index in [2.05, 4.69) is 25.8 Å². The number of likely N-dealkylation sites (tertiary alicyclic amines) is 1. The van der Waals surface area contributed by atoms with Crippen LogP contribution < -0.4 is 16.0 Å². The molecule has 1 unspecified atom stereocenters. The Morgan fingerprint density at radius 3 is 2.62 bits per heavy atom. The van der Waals surface area contributed by atoms with Gasteiger partial charge in [-0.25, -0.2) is 4.99 Å². The molecule has 7 nitrogen and oxygen atoms in total. The first-order valence-corrected chi connectivity index (χ1v) is 8.81. The highest BCUT2D eigenvalue weighted by molar-refractivity contribution is 5.84. The molecular formula is C17H29N5O2. The van der Waals surface area contributed by atoms with E-state index in [0.717, 1.165) is 25.4 Å². The average molecular weight is 335 g/mol. The van der Waals surface area contributed by atoms with E-state index in [1.807, 2.05) is 26.0 Å². The van der Waals surface area contributed by atoms with Crippen molar-refractivity contribution in [2.45, 2.75) is 32.7 Å². The molecule has 0 aromatic carbocycles. The van der Waals surface area contributed by atoms with Crippen molar-refractivity contribution < 1.29 is 9.21 Å². The Bertz CT molecular complexity index is 509. The largest absolute Gasteiger partial charge is 0.468 e. The highest BCUT2D eigenvalue weighted by atomic mass is 16.3. The highest BCUT2D eigenvalue weighted by Gasteiger charge is 2.25. The molecule has 0 aliphatic carbocycles. The van der Waals surface area contributed by atoms with Crippen LogP contribution in [-0.2, 0) is 4.79 Å². The number of aliphatic imine (C=N–C) groups is 1. The molecule has 1 aliphatic heterocycles. The topological polar surface area (TPSA) is 81.9 Å². The zero-order valence-electron chi connectivity index (χ0n) is 14.7. The molecule has 2 heterocycles. The van der Waals surface area contributed by atoms with E-state index in [1.54, 1.807) is 6.26 Å². The van der Waals surface area contributed by atoms with Gasteiger partial charge in [0.1, 0.15) is 12.3 Å². The number of carbonyl (C=O) groups excluding carboxylic acids is 1. The molecule has 134 valence electrons. The van der Waals surface area contributed by atoms with E-state index >= 15 is 0 Å². The van der Waals surface area contributed by atoms with Crippen LogP contribution >= 0.6 is 0 Å². The minimum absolute atomic E-state index is 0.0724. The Morgan fingerprint density at radius 2 is 2.00 bits per heavy atom. The first-order chi connectivity index (χ1) is 11.7. The SMILES string of the molecule is CCNC(=O)CN=C(NCC)NCC(c1ccco1)N1CCCC1. The fraction of sp³-hybridized carbons (Fsp3) is 0.647.